The molecule has 1 heterocycles. The monoisotopic (exact) mass is 294 g/mol. The predicted octanol–water partition coefficient (Wildman–Crippen LogP) is 4.30. The molecule has 0 bridgehead atoms. The van der Waals surface area contributed by atoms with E-state index in [1.807, 2.05) is 0 Å². The lowest BCUT2D eigenvalue weighted by Crippen LogP contribution is -2.47. The van der Waals surface area contributed by atoms with Gasteiger partial charge >= 0.3 is 0 Å². The quantitative estimate of drug-likeness (QED) is 0.753. The van der Waals surface area contributed by atoms with Crippen molar-refractivity contribution in [1.82, 2.24) is 10.2 Å². The van der Waals surface area contributed by atoms with Crippen molar-refractivity contribution < 1.29 is 0 Å². The third-order valence-corrected chi connectivity index (χ3v) is 6.21. The molecule has 1 aliphatic heterocycles. The van der Waals surface area contributed by atoms with E-state index in [0.717, 1.165) is 12.0 Å². The van der Waals surface area contributed by atoms with Crippen LogP contribution in [0.2, 0.25) is 0 Å². The van der Waals surface area contributed by atoms with Crippen LogP contribution in [0.4, 0.5) is 0 Å². The molecule has 1 saturated carbocycles. The Bertz CT molecular complexity index is 302. The number of nitrogens with one attached hydrogen (secondary N) is 1. The van der Waals surface area contributed by atoms with E-state index >= 15 is 0 Å². The van der Waals surface area contributed by atoms with Gasteiger partial charge in [-0.05, 0) is 68.4 Å². The number of piperidine rings is 1. The van der Waals surface area contributed by atoms with Gasteiger partial charge in [0.15, 0.2) is 0 Å². The van der Waals surface area contributed by atoms with Crippen LogP contribution in [0.5, 0.6) is 0 Å². The zero-order valence-corrected chi connectivity index (χ0v) is 15.2. The standard InChI is InChI=1S/C19H38N2/c1-6-19(7-2,14-20-17-8-9-17)15-21-12-10-16(11-13-21)18(3,4)5/h16-17,20H,6-15H2,1-5H3. The van der Waals surface area contributed by atoms with E-state index in [0.29, 0.717) is 10.8 Å². The van der Waals surface area contributed by atoms with E-state index in [2.05, 4.69) is 44.8 Å². The summed E-state index contributed by atoms with van der Waals surface area (Å²) in [5.41, 5.74) is 0.989. The molecule has 0 aromatic heterocycles. The van der Waals surface area contributed by atoms with E-state index in [9.17, 15) is 0 Å². The van der Waals surface area contributed by atoms with Crippen molar-refractivity contribution in [3.05, 3.63) is 0 Å². The average Bonchev–Trinajstić information content (AvgIpc) is 3.27. The summed E-state index contributed by atoms with van der Waals surface area (Å²) in [6.45, 7) is 17.2. The van der Waals surface area contributed by atoms with Gasteiger partial charge in [-0.25, -0.2) is 0 Å². The highest BCUT2D eigenvalue weighted by Gasteiger charge is 2.34. The van der Waals surface area contributed by atoms with Crippen LogP contribution in [0, 0.1) is 16.7 Å². The van der Waals surface area contributed by atoms with Gasteiger partial charge in [0, 0.05) is 19.1 Å². The van der Waals surface area contributed by atoms with Crippen molar-refractivity contribution in [3.8, 4) is 0 Å². The lowest BCUT2D eigenvalue weighted by molar-refractivity contribution is 0.0691. The lowest BCUT2D eigenvalue weighted by Gasteiger charge is -2.43. The Labute approximate surface area is 133 Å². The van der Waals surface area contributed by atoms with Crippen molar-refractivity contribution in [2.75, 3.05) is 26.2 Å². The molecule has 0 atom stereocenters. The Balaban J connectivity index is 1.83. The smallest absolute Gasteiger partial charge is 0.00684 e. The Hall–Kier alpha value is -0.0800. The van der Waals surface area contributed by atoms with Crippen LogP contribution in [0.3, 0.4) is 0 Å². The summed E-state index contributed by atoms with van der Waals surface area (Å²) in [5, 5.41) is 3.80. The van der Waals surface area contributed by atoms with Crippen molar-refractivity contribution in [3.63, 3.8) is 0 Å². The number of hydrogen-bond acceptors (Lipinski definition) is 2. The highest BCUT2D eigenvalue weighted by Crippen LogP contribution is 2.36. The number of likely N-dealkylation sites (tertiary alicyclic amines) is 1. The van der Waals surface area contributed by atoms with Crippen LogP contribution in [-0.2, 0) is 0 Å². The van der Waals surface area contributed by atoms with Gasteiger partial charge in [0.2, 0.25) is 0 Å². The van der Waals surface area contributed by atoms with Crippen LogP contribution in [0.15, 0.2) is 0 Å². The molecule has 2 heteroatoms. The lowest BCUT2D eigenvalue weighted by atomic mass is 9.74. The number of rotatable bonds is 7. The molecule has 124 valence electrons. The maximum Gasteiger partial charge on any atom is 0.00684 e. The molecule has 0 radical (unpaired) electrons. The fraction of sp³-hybridized carbons (Fsp3) is 1.00. The van der Waals surface area contributed by atoms with Crippen LogP contribution >= 0.6 is 0 Å². The molecule has 0 aromatic carbocycles. The first-order valence-corrected chi connectivity index (χ1v) is 9.34. The molecular formula is C19H38N2. The maximum absolute atomic E-state index is 3.80. The Morgan fingerprint density at radius 2 is 1.52 bits per heavy atom. The summed E-state index contributed by atoms with van der Waals surface area (Å²) in [7, 11) is 0. The Kier molecular flexibility index (Phi) is 5.76. The van der Waals surface area contributed by atoms with Gasteiger partial charge in [-0.2, -0.15) is 0 Å². The van der Waals surface area contributed by atoms with Gasteiger partial charge in [-0.1, -0.05) is 34.6 Å². The number of nitrogens with zero attached hydrogens (tertiary/aromatic N) is 1. The fourth-order valence-electron chi connectivity index (χ4n) is 3.86. The largest absolute Gasteiger partial charge is 0.313 e. The van der Waals surface area contributed by atoms with Crippen molar-refractivity contribution in [2.24, 2.45) is 16.7 Å². The summed E-state index contributed by atoms with van der Waals surface area (Å²) in [4.78, 5) is 2.75. The summed E-state index contributed by atoms with van der Waals surface area (Å²) < 4.78 is 0. The molecule has 0 unspecified atom stereocenters. The van der Waals surface area contributed by atoms with Crippen molar-refractivity contribution in [1.29, 1.82) is 0 Å². The molecule has 21 heavy (non-hydrogen) atoms. The second-order valence-electron chi connectivity index (χ2n) is 8.78. The van der Waals surface area contributed by atoms with E-state index in [1.165, 1.54) is 64.7 Å². The Morgan fingerprint density at radius 1 is 0.952 bits per heavy atom. The summed E-state index contributed by atoms with van der Waals surface area (Å²) in [6.07, 6.45) is 8.21. The fourth-order valence-corrected chi connectivity index (χ4v) is 3.86. The Morgan fingerprint density at radius 3 is 1.95 bits per heavy atom. The first-order valence-electron chi connectivity index (χ1n) is 9.34. The zero-order chi connectivity index (χ0) is 15.5. The van der Waals surface area contributed by atoms with Gasteiger partial charge < -0.3 is 10.2 Å². The van der Waals surface area contributed by atoms with Crippen molar-refractivity contribution >= 4 is 0 Å². The number of hydrogen-bond donors (Lipinski definition) is 1. The topological polar surface area (TPSA) is 15.3 Å². The highest BCUT2D eigenvalue weighted by molar-refractivity contribution is 4.90. The van der Waals surface area contributed by atoms with Gasteiger partial charge in [0.1, 0.15) is 0 Å². The second kappa shape index (κ2) is 7.00. The molecule has 2 aliphatic rings. The van der Waals surface area contributed by atoms with Crippen LogP contribution in [0.25, 0.3) is 0 Å². The zero-order valence-electron chi connectivity index (χ0n) is 15.2. The summed E-state index contributed by atoms with van der Waals surface area (Å²) in [5.74, 6) is 0.913. The summed E-state index contributed by atoms with van der Waals surface area (Å²) in [6, 6.07) is 0.842. The molecule has 0 amide bonds. The van der Waals surface area contributed by atoms with E-state index in [4.69, 9.17) is 0 Å². The molecule has 0 aromatic rings. The van der Waals surface area contributed by atoms with Gasteiger partial charge in [-0.3, -0.25) is 0 Å². The maximum atomic E-state index is 3.80. The van der Waals surface area contributed by atoms with E-state index in [1.54, 1.807) is 0 Å². The average molecular weight is 295 g/mol. The second-order valence-corrected chi connectivity index (χ2v) is 8.78. The molecule has 2 nitrogen and oxygen atoms in total. The van der Waals surface area contributed by atoms with Crippen LogP contribution in [0.1, 0.15) is 73.1 Å². The van der Waals surface area contributed by atoms with Crippen molar-refractivity contribution in [2.45, 2.75) is 79.2 Å². The molecule has 2 rings (SSSR count). The highest BCUT2D eigenvalue weighted by atomic mass is 15.1. The third-order valence-electron chi connectivity index (χ3n) is 6.21. The molecule has 2 fully saturated rings. The summed E-state index contributed by atoms with van der Waals surface area (Å²) >= 11 is 0. The minimum Gasteiger partial charge on any atom is -0.313 e. The van der Waals surface area contributed by atoms with Crippen LogP contribution < -0.4 is 5.32 Å². The predicted molar refractivity (Wildman–Crippen MR) is 92.7 cm³/mol. The molecule has 1 aliphatic carbocycles. The van der Waals surface area contributed by atoms with Gasteiger partial charge in [0.05, 0.1) is 0 Å². The minimum absolute atomic E-state index is 0.492. The minimum atomic E-state index is 0.492. The van der Waals surface area contributed by atoms with Gasteiger partial charge in [0.25, 0.3) is 0 Å². The third kappa shape index (κ3) is 4.96. The first kappa shape index (κ1) is 17.3. The van der Waals surface area contributed by atoms with Crippen LogP contribution in [-0.4, -0.2) is 37.1 Å². The normalized spacial score (nSPS) is 22.7. The molecule has 1 saturated heterocycles. The molecular weight excluding hydrogens is 256 g/mol. The first-order chi connectivity index (χ1) is 9.88. The van der Waals surface area contributed by atoms with E-state index in [-0.39, 0.29) is 0 Å². The molecule has 1 N–H and O–H groups in total. The van der Waals surface area contributed by atoms with E-state index < -0.39 is 0 Å². The molecule has 0 spiro atoms. The SMILES string of the molecule is CCC(CC)(CNC1CC1)CN1CCC(C(C)(C)C)CC1. The van der Waals surface area contributed by atoms with Gasteiger partial charge in [-0.15, -0.1) is 0 Å².